The van der Waals surface area contributed by atoms with Gasteiger partial charge in [0.2, 0.25) is 5.91 Å². The zero-order valence-corrected chi connectivity index (χ0v) is 12.5. The van der Waals surface area contributed by atoms with Gasteiger partial charge in [0, 0.05) is 25.6 Å². The van der Waals surface area contributed by atoms with Gasteiger partial charge in [0.1, 0.15) is 0 Å². The maximum Gasteiger partial charge on any atom is 0.310 e. The molecule has 0 spiro atoms. The lowest BCUT2D eigenvalue weighted by molar-refractivity contribution is -0.148. The van der Waals surface area contributed by atoms with Crippen molar-refractivity contribution in [2.75, 3.05) is 26.8 Å². The van der Waals surface area contributed by atoms with E-state index in [1.165, 1.54) is 7.11 Å². The maximum absolute atomic E-state index is 12.5. The van der Waals surface area contributed by atoms with Gasteiger partial charge in [-0.15, -0.1) is 0 Å². The Bertz CT molecular complexity index is 348. The van der Waals surface area contributed by atoms with E-state index >= 15 is 0 Å². The van der Waals surface area contributed by atoms with Crippen LogP contribution in [0.4, 0.5) is 0 Å². The van der Waals surface area contributed by atoms with Gasteiger partial charge in [0.25, 0.3) is 0 Å². The molecule has 1 amide bonds. The number of nitrogens with zero attached hydrogens (tertiary/aromatic N) is 1. The average molecular weight is 283 g/mol. The zero-order valence-electron chi connectivity index (χ0n) is 12.5. The molecule has 0 aromatic heterocycles. The van der Waals surface area contributed by atoms with Gasteiger partial charge in [-0.2, -0.15) is 0 Å². The highest BCUT2D eigenvalue weighted by atomic mass is 16.5. The molecule has 2 aliphatic rings. The molecule has 20 heavy (non-hydrogen) atoms. The topological polar surface area (TPSA) is 55.8 Å². The largest absolute Gasteiger partial charge is 0.469 e. The summed E-state index contributed by atoms with van der Waals surface area (Å²) >= 11 is 0. The van der Waals surface area contributed by atoms with Crippen molar-refractivity contribution in [3.63, 3.8) is 0 Å². The van der Waals surface area contributed by atoms with Crippen LogP contribution in [0.5, 0.6) is 0 Å². The van der Waals surface area contributed by atoms with E-state index in [0.717, 1.165) is 38.7 Å². The second kappa shape index (κ2) is 7.07. The SMILES string of the molecule is COC(=O)C(C)CN(CC1CCCO1)C(=O)C1CCC1. The van der Waals surface area contributed by atoms with E-state index in [1.54, 1.807) is 0 Å². The molecule has 2 rings (SSSR count). The first kappa shape index (κ1) is 15.3. The number of ether oxygens (including phenoxy) is 2. The minimum Gasteiger partial charge on any atom is -0.469 e. The highest BCUT2D eigenvalue weighted by Crippen LogP contribution is 2.29. The molecular formula is C15H25NO4. The second-order valence-corrected chi connectivity index (χ2v) is 5.93. The van der Waals surface area contributed by atoms with E-state index in [9.17, 15) is 9.59 Å². The van der Waals surface area contributed by atoms with Crippen LogP contribution in [0.15, 0.2) is 0 Å². The monoisotopic (exact) mass is 283 g/mol. The molecule has 2 unspecified atom stereocenters. The van der Waals surface area contributed by atoms with Crippen LogP contribution in [0, 0.1) is 11.8 Å². The summed E-state index contributed by atoms with van der Waals surface area (Å²) in [5.41, 5.74) is 0. The molecule has 2 atom stereocenters. The second-order valence-electron chi connectivity index (χ2n) is 5.93. The van der Waals surface area contributed by atoms with Crippen molar-refractivity contribution in [2.24, 2.45) is 11.8 Å². The van der Waals surface area contributed by atoms with E-state index in [4.69, 9.17) is 9.47 Å². The van der Waals surface area contributed by atoms with Crippen LogP contribution in [0.3, 0.4) is 0 Å². The molecule has 0 aromatic carbocycles. The number of carbonyl (C=O) groups is 2. The van der Waals surface area contributed by atoms with E-state index in [-0.39, 0.29) is 29.8 Å². The van der Waals surface area contributed by atoms with Crippen molar-refractivity contribution < 1.29 is 19.1 Å². The summed E-state index contributed by atoms with van der Waals surface area (Å²) < 4.78 is 10.4. The quantitative estimate of drug-likeness (QED) is 0.695. The summed E-state index contributed by atoms with van der Waals surface area (Å²) in [7, 11) is 1.39. The Morgan fingerprint density at radius 3 is 2.55 bits per heavy atom. The molecule has 1 aliphatic carbocycles. The van der Waals surface area contributed by atoms with Crippen molar-refractivity contribution in [2.45, 2.75) is 45.1 Å². The minimum absolute atomic E-state index is 0.129. The predicted octanol–water partition coefficient (Wildman–Crippen LogP) is 1.60. The first-order valence-electron chi connectivity index (χ1n) is 7.60. The first-order chi connectivity index (χ1) is 9.61. The summed E-state index contributed by atoms with van der Waals surface area (Å²) in [5.74, 6) is -0.210. The molecule has 5 nitrogen and oxygen atoms in total. The van der Waals surface area contributed by atoms with E-state index in [2.05, 4.69) is 0 Å². The lowest BCUT2D eigenvalue weighted by atomic mass is 9.84. The molecule has 1 saturated carbocycles. The van der Waals surface area contributed by atoms with E-state index in [0.29, 0.717) is 13.1 Å². The summed E-state index contributed by atoms with van der Waals surface area (Å²) in [6.45, 7) is 3.63. The number of hydrogen-bond acceptors (Lipinski definition) is 4. The number of hydrogen-bond donors (Lipinski definition) is 0. The Morgan fingerprint density at radius 1 is 1.30 bits per heavy atom. The Balaban J connectivity index is 1.94. The minimum atomic E-state index is -0.287. The third kappa shape index (κ3) is 3.72. The molecule has 1 saturated heterocycles. The Morgan fingerprint density at radius 2 is 2.05 bits per heavy atom. The van der Waals surface area contributed by atoms with Crippen LogP contribution in [0.25, 0.3) is 0 Å². The van der Waals surface area contributed by atoms with Gasteiger partial charge in [0.05, 0.1) is 19.1 Å². The molecule has 1 heterocycles. The summed E-state index contributed by atoms with van der Waals surface area (Å²) in [4.78, 5) is 25.9. The molecule has 0 bridgehead atoms. The van der Waals surface area contributed by atoms with Gasteiger partial charge < -0.3 is 14.4 Å². The maximum atomic E-state index is 12.5. The standard InChI is InChI=1S/C15H25NO4/c1-11(15(18)19-2)9-16(10-13-7-4-8-20-13)14(17)12-5-3-6-12/h11-13H,3-10H2,1-2H3. The average Bonchev–Trinajstić information content (AvgIpc) is 2.87. The smallest absolute Gasteiger partial charge is 0.310 e. The number of amides is 1. The summed E-state index contributed by atoms with van der Waals surface area (Å²) in [5, 5.41) is 0. The Hall–Kier alpha value is -1.10. The third-order valence-corrected chi connectivity index (χ3v) is 4.31. The zero-order chi connectivity index (χ0) is 14.5. The van der Waals surface area contributed by atoms with Crippen molar-refractivity contribution in [1.82, 2.24) is 4.90 Å². The molecule has 5 heteroatoms. The molecule has 1 aliphatic heterocycles. The van der Waals surface area contributed by atoms with Gasteiger partial charge in [-0.05, 0) is 25.7 Å². The van der Waals surface area contributed by atoms with Gasteiger partial charge >= 0.3 is 5.97 Å². The summed E-state index contributed by atoms with van der Waals surface area (Å²) in [6, 6.07) is 0. The highest BCUT2D eigenvalue weighted by Gasteiger charge is 2.33. The fraction of sp³-hybridized carbons (Fsp3) is 0.867. The normalized spacial score (nSPS) is 24.0. The number of esters is 1. The lowest BCUT2D eigenvalue weighted by Gasteiger charge is -2.34. The Labute approximate surface area is 120 Å². The predicted molar refractivity (Wildman–Crippen MR) is 74.1 cm³/mol. The molecule has 0 aromatic rings. The van der Waals surface area contributed by atoms with Crippen molar-refractivity contribution in [3.05, 3.63) is 0 Å². The van der Waals surface area contributed by atoms with E-state index in [1.807, 2.05) is 11.8 Å². The van der Waals surface area contributed by atoms with Gasteiger partial charge in [-0.3, -0.25) is 9.59 Å². The van der Waals surface area contributed by atoms with Gasteiger partial charge in [-0.1, -0.05) is 13.3 Å². The van der Waals surface area contributed by atoms with Gasteiger partial charge in [0.15, 0.2) is 0 Å². The van der Waals surface area contributed by atoms with Crippen LogP contribution < -0.4 is 0 Å². The first-order valence-corrected chi connectivity index (χ1v) is 7.60. The van der Waals surface area contributed by atoms with E-state index < -0.39 is 0 Å². The fourth-order valence-electron chi connectivity index (χ4n) is 2.81. The van der Waals surface area contributed by atoms with Crippen LogP contribution in [-0.4, -0.2) is 49.7 Å². The molecule has 0 radical (unpaired) electrons. The van der Waals surface area contributed by atoms with Crippen molar-refractivity contribution in [1.29, 1.82) is 0 Å². The van der Waals surface area contributed by atoms with Gasteiger partial charge in [-0.25, -0.2) is 0 Å². The summed E-state index contributed by atoms with van der Waals surface area (Å²) in [6.07, 6.45) is 5.28. The fourth-order valence-corrected chi connectivity index (χ4v) is 2.81. The van der Waals surface area contributed by atoms with Crippen molar-refractivity contribution in [3.8, 4) is 0 Å². The van der Waals surface area contributed by atoms with Crippen LogP contribution in [0.1, 0.15) is 39.0 Å². The lowest BCUT2D eigenvalue weighted by Crippen LogP contribution is -2.45. The highest BCUT2D eigenvalue weighted by molar-refractivity contribution is 5.80. The van der Waals surface area contributed by atoms with Crippen LogP contribution in [-0.2, 0) is 19.1 Å². The Kier molecular flexibility index (Phi) is 5.40. The molecule has 0 N–H and O–H groups in total. The third-order valence-electron chi connectivity index (χ3n) is 4.31. The van der Waals surface area contributed by atoms with Crippen molar-refractivity contribution >= 4 is 11.9 Å². The number of carbonyl (C=O) groups excluding carboxylic acids is 2. The molecule has 114 valence electrons. The number of rotatable bonds is 6. The van der Waals surface area contributed by atoms with Crippen LogP contribution in [0.2, 0.25) is 0 Å². The molecule has 2 fully saturated rings. The molecular weight excluding hydrogens is 258 g/mol. The number of methoxy groups -OCH3 is 1. The van der Waals surface area contributed by atoms with Crippen LogP contribution >= 0.6 is 0 Å².